The average Bonchev–Trinajstić information content (AvgIpc) is 2.93. The minimum Gasteiger partial charge on any atom is -0.396 e. The fourth-order valence-corrected chi connectivity index (χ4v) is 4.36. The molecule has 1 aromatic rings. The van der Waals surface area contributed by atoms with Crippen LogP contribution in [0.15, 0.2) is 17.0 Å². The first-order chi connectivity index (χ1) is 11.1. The molecular formula is C17H26N2O4S. The summed E-state index contributed by atoms with van der Waals surface area (Å²) in [5.41, 5.74) is 1.36. The van der Waals surface area contributed by atoms with Crippen molar-refractivity contribution in [3.63, 3.8) is 0 Å². The molecule has 1 fully saturated rings. The van der Waals surface area contributed by atoms with Gasteiger partial charge in [-0.3, -0.25) is 4.79 Å². The Hall–Kier alpha value is -1.44. The summed E-state index contributed by atoms with van der Waals surface area (Å²) in [7, 11) is -3.88. The number of likely N-dealkylation sites (tertiary alicyclic amines) is 1. The van der Waals surface area contributed by atoms with Crippen molar-refractivity contribution in [2.24, 2.45) is 10.6 Å². The molecule has 1 aliphatic rings. The van der Waals surface area contributed by atoms with E-state index in [1.54, 1.807) is 24.8 Å². The Morgan fingerprint density at radius 1 is 1.38 bits per heavy atom. The van der Waals surface area contributed by atoms with Crippen molar-refractivity contribution in [1.29, 1.82) is 0 Å². The molecule has 3 N–H and O–H groups in total. The third-order valence-electron chi connectivity index (χ3n) is 5.01. The van der Waals surface area contributed by atoms with Gasteiger partial charge in [0.05, 0.1) is 11.5 Å². The first kappa shape index (κ1) is 18.9. The Bertz CT molecular complexity index is 745. The summed E-state index contributed by atoms with van der Waals surface area (Å²) in [4.78, 5) is 14.5. The van der Waals surface area contributed by atoms with Crippen LogP contribution in [0.5, 0.6) is 0 Å². The van der Waals surface area contributed by atoms with Crippen LogP contribution in [-0.4, -0.2) is 44.0 Å². The van der Waals surface area contributed by atoms with Crippen LogP contribution in [0, 0.1) is 19.3 Å². The molecule has 1 unspecified atom stereocenters. The minimum absolute atomic E-state index is 0.00738. The Labute approximate surface area is 143 Å². The van der Waals surface area contributed by atoms with E-state index in [0.29, 0.717) is 29.8 Å². The molecule has 1 saturated heterocycles. The molecule has 6 nitrogen and oxygen atoms in total. The van der Waals surface area contributed by atoms with Crippen molar-refractivity contribution in [1.82, 2.24) is 4.90 Å². The van der Waals surface area contributed by atoms with Gasteiger partial charge in [0.15, 0.2) is 0 Å². The van der Waals surface area contributed by atoms with E-state index in [4.69, 9.17) is 5.14 Å². The number of rotatable bonds is 5. The van der Waals surface area contributed by atoms with Gasteiger partial charge in [-0.2, -0.15) is 0 Å². The first-order valence-electron chi connectivity index (χ1n) is 8.18. The Balaban J connectivity index is 2.33. The Morgan fingerprint density at radius 2 is 2.04 bits per heavy atom. The van der Waals surface area contributed by atoms with Gasteiger partial charge in [0.25, 0.3) is 5.91 Å². The predicted molar refractivity (Wildman–Crippen MR) is 92.2 cm³/mol. The summed E-state index contributed by atoms with van der Waals surface area (Å²) < 4.78 is 23.5. The van der Waals surface area contributed by atoms with Crippen LogP contribution in [0.1, 0.15) is 47.7 Å². The second-order valence-electron chi connectivity index (χ2n) is 6.85. The normalized spacial score (nSPS) is 21.3. The van der Waals surface area contributed by atoms with Gasteiger partial charge in [0, 0.05) is 24.1 Å². The van der Waals surface area contributed by atoms with Gasteiger partial charge in [-0.15, -0.1) is 0 Å². The predicted octanol–water partition coefficient (Wildman–Crippen LogP) is 1.58. The van der Waals surface area contributed by atoms with E-state index in [-0.39, 0.29) is 22.8 Å². The number of sulfonamides is 1. The second-order valence-corrected chi connectivity index (χ2v) is 8.38. The van der Waals surface area contributed by atoms with Crippen molar-refractivity contribution in [2.45, 2.75) is 44.9 Å². The lowest BCUT2D eigenvalue weighted by Gasteiger charge is -2.26. The molecule has 0 bridgehead atoms. The number of nitrogens with zero attached hydrogens (tertiary/aromatic N) is 1. The number of amides is 1. The maximum absolute atomic E-state index is 12.8. The summed E-state index contributed by atoms with van der Waals surface area (Å²) in [6.07, 6.45) is 2.57. The van der Waals surface area contributed by atoms with Crippen LogP contribution in [0.2, 0.25) is 0 Å². The van der Waals surface area contributed by atoms with Gasteiger partial charge in [0.2, 0.25) is 10.0 Å². The molecule has 1 amide bonds. The highest BCUT2D eigenvalue weighted by Gasteiger charge is 2.39. The quantitative estimate of drug-likeness (QED) is 0.838. The standard InChI is InChI=1S/C17H26N2O4S/c1-4-5-17(11-20)6-7-19(10-17)16(21)14-8-12(2)13(3)15(9-14)24(18,22)23/h8-9,20H,4-7,10-11H2,1-3H3,(H2,18,22,23). The van der Waals surface area contributed by atoms with Gasteiger partial charge in [-0.1, -0.05) is 13.3 Å². The number of aliphatic hydroxyl groups is 1. The number of aliphatic hydroxyl groups excluding tert-OH is 1. The lowest BCUT2D eigenvalue weighted by molar-refractivity contribution is 0.0729. The molecule has 0 aromatic heterocycles. The summed E-state index contributed by atoms with van der Waals surface area (Å²) in [6.45, 7) is 6.62. The number of carbonyl (C=O) groups excluding carboxylic acids is 1. The monoisotopic (exact) mass is 354 g/mol. The summed E-state index contributed by atoms with van der Waals surface area (Å²) >= 11 is 0. The average molecular weight is 354 g/mol. The van der Waals surface area contributed by atoms with Crippen molar-refractivity contribution < 1.29 is 18.3 Å². The van der Waals surface area contributed by atoms with Gasteiger partial charge in [-0.25, -0.2) is 13.6 Å². The maximum Gasteiger partial charge on any atom is 0.253 e. The molecule has 1 aromatic carbocycles. The highest BCUT2D eigenvalue weighted by atomic mass is 32.2. The highest BCUT2D eigenvalue weighted by molar-refractivity contribution is 7.89. The smallest absolute Gasteiger partial charge is 0.253 e. The third-order valence-corrected chi connectivity index (χ3v) is 6.05. The van der Waals surface area contributed by atoms with E-state index in [9.17, 15) is 18.3 Å². The Kier molecular flexibility index (Phi) is 5.37. The van der Waals surface area contributed by atoms with E-state index in [2.05, 4.69) is 6.92 Å². The molecule has 134 valence electrons. The number of benzene rings is 1. The van der Waals surface area contributed by atoms with Gasteiger partial charge < -0.3 is 10.0 Å². The fraction of sp³-hybridized carbons (Fsp3) is 0.588. The molecule has 0 saturated carbocycles. The van der Waals surface area contributed by atoms with Gasteiger partial charge in [0.1, 0.15) is 0 Å². The first-order valence-corrected chi connectivity index (χ1v) is 9.72. The van der Waals surface area contributed by atoms with Crippen molar-refractivity contribution in [3.8, 4) is 0 Å². The zero-order chi connectivity index (χ0) is 18.1. The fourth-order valence-electron chi connectivity index (χ4n) is 3.48. The molecule has 1 atom stereocenters. The molecule has 0 spiro atoms. The van der Waals surface area contributed by atoms with Crippen molar-refractivity contribution in [3.05, 3.63) is 28.8 Å². The van der Waals surface area contributed by atoms with Crippen LogP contribution >= 0.6 is 0 Å². The molecule has 0 aliphatic carbocycles. The van der Waals surface area contributed by atoms with Crippen molar-refractivity contribution >= 4 is 15.9 Å². The molecule has 7 heteroatoms. The molecule has 0 radical (unpaired) electrons. The lowest BCUT2D eigenvalue weighted by Crippen LogP contribution is -2.34. The van der Waals surface area contributed by atoms with Crippen molar-refractivity contribution in [2.75, 3.05) is 19.7 Å². The lowest BCUT2D eigenvalue weighted by atomic mass is 9.83. The number of carbonyl (C=O) groups is 1. The van der Waals surface area contributed by atoms with E-state index in [1.807, 2.05) is 0 Å². The van der Waals surface area contributed by atoms with Crippen LogP contribution in [0.4, 0.5) is 0 Å². The molecule has 1 aliphatic heterocycles. The highest BCUT2D eigenvalue weighted by Crippen LogP contribution is 2.35. The maximum atomic E-state index is 12.8. The summed E-state index contributed by atoms with van der Waals surface area (Å²) in [6, 6.07) is 3.06. The zero-order valence-corrected chi connectivity index (χ0v) is 15.3. The van der Waals surface area contributed by atoms with Crippen LogP contribution in [0.25, 0.3) is 0 Å². The minimum atomic E-state index is -3.88. The Morgan fingerprint density at radius 3 is 2.58 bits per heavy atom. The third kappa shape index (κ3) is 3.63. The van der Waals surface area contributed by atoms with E-state index in [1.165, 1.54) is 6.07 Å². The van der Waals surface area contributed by atoms with Gasteiger partial charge in [-0.05, 0) is 49.9 Å². The summed E-state index contributed by atoms with van der Waals surface area (Å²) in [5.74, 6) is -0.213. The number of hydrogen-bond donors (Lipinski definition) is 2. The topological polar surface area (TPSA) is 101 Å². The number of nitrogens with two attached hydrogens (primary N) is 1. The van der Waals surface area contributed by atoms with Crippen LogP contribution in [0.3, 0.4) is 0 Å². The molecule has 24 heavy (non-hydrogen) atoms. The number of primary sulfonamides is 1. The van der Waals surface area contributed by atoms with Crippen LogP contribution < -0.4 is 5.14 Å². The molecule has 2 rings (SSSR count). The van der Waals surface area contributed by atoms with E-state index < -0.39 is 10.0 Å². The van der Waals surface area contributed by atoms with Gasteiger partial charge >= 0.3 is 0 Å². The molecule has 1 heterocycles. The largest absolute Gasteiger partial charge is 0.396 e. The van der Waals surface area contributed by atoms with E-state index >= 15 is 0 Å². The number of aryl methyl sites for hydroxylation is 1. The summed E-state index contributed by atoms with van der Waals surface area (Å²) in [5, 5.41) is 15.0. The van der Waals surface area contributed by atoms with Crippen LogP contribution in [-0.2, 0) is 10.0 Å². The second kappa shape index (κ2) is 6.82. The zero-order valence-electron chi connectivity index (χ0n) is 14.5. The van der Waals surface area contributed by atoms with E-state index in [0.717, 1.165) is 19.3 Å². The number of hydrogen-bond acceptors (Lipinski definition) is 4. The SMILES string of the molecule is CCCC1(CO)CCN(C(=O)c2cc(C)c(C)c(S(N)(=O)=O)c2)C1. The molecular weight excluding hydrogens is 328 g/mol.